The SMILES string of the molecule is C1C[NH+]2CC[NH+]1CC2.C1C[NH+]2CC[NH+]1CC2.O.O.O.O.O.O.O.O.O=[As]([O-])([O-])O.O=[As]([O-])([O-])O.O=[As]([O-])([O-])O.O=[As]([O-])([O-])O.O=[As]([O-])([O-])O.O=[As]([O-])([O-])O.[O-2].[O-2].[O-2].[O-2].[O-2].[O-2].[V].[V].[V].[V]. The molecule has 0 unspecified atom stereocenters. The van der Waals surface area contributed by atoms with E-state index in [1.807, 2.05) is 19.6 Å². The van der Waals surface area contributed by atoms with Crippen LogP contribution in [0.5, 0.6) is 0 Å². The molecule has 42 nitrogen and oxygen atoms in total. The molecule has 0 atom stereocenters. The summed E-state index contributed by atoms with van der Waals surface area (Å²) < 4.78 is 199. The molecule has 6 fully saturated rings. The summed E-state index contributed by atoms with van der Waals surface area (Å²) in [6.07, 6.45) is 0. The van der Waals surface area contributed by atoms with E-state index in [4.69, 9.17) is 96.2 Å². The molecule has 0 spiro atoms. The number of piperazine rings is 6. The summed E-state index contributed by atoms with van der Waals surface area (Å²) in [7, 11) is 0. The molecule has 52 heteroatoms. The summed E-state index contributed by atoms with van der Waals surface area (Å²) in [4.78, 5) is 7.39. The first-order valence-electron chi connectivity index (χ1n) is 11.7. The summed E-state index contributed by atoms with van der Waals surface area (Å²) in [5, 5.41) is 0. The van der Waals surface area contributed by atoms with Crippen molar-refractivity contribution in [3.8, 4) is 0 Å². The Labute approximate surface area is 428 Å². The van der Waals surface area contributed by atoms with E-state index >= 15 is 0 Å². The maximum Gasteiger partial charge on any atom is 0 e. The van der Waals surface area contributed by atoms with E-state index in [0.29, 0.717) is 0 Å². The van der Waals surface area contributed by atoms with Crippen LogP contribution in [-0.4, -0.2) is 234 Å². The van der Waals surface area contributed by atoms with Gasteiger partial charge in [-0.05, 0) is 0 Å². The minimum absolute atomic E-state index is 0. The fourth-order valence-electron chi connectivity index (χ4n) is 3.62. The van der Waals surface area contributed by atoms with E-state index in [0.717, 1.165) is 0 Å². The summed E-state index contributed by atoms with van der Waals surface area (Å²) in [6, 6.07) is 0. The number of nitrogens with one attached hydrogen (secondary N) is 4. The second-order valence-electron chi connectivity index (χ2n) is 8.81. The van der Waals surface area contributed by atoms with Crippen molar-refractivity contribution in [2.45, 2.75) is 0 Å². The van der Waals surface area contributed by atoms with Crippen LogP contribution in [0.25, 0.3) is 0 Å². The Morgan fingerprint density at radius 2 is 0.266 bits per heavy atom. The van der Waals surface area contributed by atoms with Crippen LogP contribution in [0.3, 0.4) is 0 Å². The molecule has 0 amide bonds. The Morgan fingerprint density at radius 3 is 0.281 bits per heavy atom. The number of rotatable bonds is 0. The topological polar surface area (TPSA) is 941 Å². The van der Waals surface area contributed by atoms with Crippen molar-refractivity contribution in [3.63, 3.8) is 0 Å². The van der Waals surface area contributed by atoms with E-state index in [1.165, 1.54) is 78.5 Å². The van der Waals surface area contributed by atoms with Crippen LogP contribution < -0.4 is 68.7 Å². The second-order valence-corrected chi connectivity index (χ2v) is 20.6. The minimum atomic E-state index is -5.62. The van der Waals surface area contributed by atoms with Crippen molar-refractivity contribution in [3.05, 3.63) is 0 Å². The molecule has 6 heterocycles. The minimum Gasteiger partial charge on any atom is -2.00 e. The predicted octanol–water partition coefficient (Wildman–Crippen LogP) is -34.4. The maximum atomic E-state index is 8.72. The van der Waals surface area contributed by atoms with E-state index in [-0.39, 0.29) is 151 Å². The van der Waals surface area contributed by atoms with Gasteiger partial charge in [-0.15, -0.1) is 0 Å². The zero-order valence-corrected chi connectivity index (χ0v) is 48.3. The van der Waals surface area contributed by atoms with Crippen molar-refractivity contribution in [2.75, 3.05) is 78.5 Å². The molecule has 6 saturated heterocycles. The molecule has 6 aliphatic rings. The van der Waals surface area contributed by atoms with Crippen LogP contribution in [0.4, 0.5) is 0 Å². The van der Waals surface area contributed by atoms with Crippen LogP contribution in [-0.2, 0) is 130 Å². The third-order valence-electron chi connectivity index (χ3n) is 4.99. The van der Waals surface area contributed by atoms with Gasteiger partial charge in [0.2, 0.25) is 0 Å². The van der Waals surface area contributed by atoms with Crippen molar-refractivity contribution in [1.29, 1.82) is 0 Å². The standard InChI is InChI=1S/2C6H12N2.6AsH3O4.8H2O.6O.4V/c2*1-2-8-5-3-7(1)4-6-8;6*2-1(3,4)5;;;;;;;;;;;;;;;;;;/h2*1-6H2;6*(H3,2,3,4,5);8*1H2;;;;;;;;;;/q;;;;;;;;;;;;;;;;6*-2;;;;/p-8. The van der Waals surface area contributed by atoms with E-state index in [9.17, 15) is 0 Å². The Hall–Kier alpha value is 3.05. The zero-order chi connectivity index (χ0) is 37.8. The largest absolute Gasteiger partial charge is 2.00 e. The molecule has 0 aromatic carbocycles. The van der Waals surface area contributed by atoms with Crippen LogP contribution >= 0.6 is 0 Å². The van der Waals surface area contributed by atoms with Crippen LogP contribution in [0.1, 0.15) is 0 Å². The first-order valence-corrected chi connectivity index (χ1v) is 30.6. The molecule has 0 aromatic heterocycles. The fraction of sp³-hybridized carbons (Fsp3) is 1.00. The number of hydrogen-bond donors (Lipinski definition) is 10. The molecule has 0 aliphatic carbocycles. The molecule has 6 aliphatic heterocycles. The average molecular weight is 1510 g/mol. The second kappa shape index (κ2) is 70.3. The summed E-state index contributed by atoms with van der Waals surface area (Å²) in [5.41, 5.74) is 0. The van der Waals surface area contributed by atoms with E-state index in [2.05, 4.69) is 0 Å². The molecule has 4 radical (unpaired) electrons. The van der Waals surface area contributed by atoms with E-state index in [1.54, 1.807) is 0 Å². The van der Waals surface area contributed by atoms with Gasteiger partial charge < -0.3 is 96.3 Å². The number of quaternary nitrogens is 4. The fourth-order valence-corrected chi connectivity index (χ4v) is 3.62. The molecule has 6 rings (SSSR count). The van der Waals surface area contributed by atoms with Gasteiger partial charge in [0.1, 0.15) is 78.5 Å². The molecule has 416 valence electrons. The monoisotopic (exact) mass is 1510 g/mol. The molecule has 4 bridgehead atoms. The molecule has 0 saturated carbocycles. The predicted molar refractivity (Wildman–Crippen MR) is 147 cm³/mol. The van der Waals surface area contributed by atoms with Crippen LogP contribution in [0.2, 0.25) is 0 Å². The van der Waals surface area contributed by atoms with Crippen molar-refractivity contribution in [2.24, 2.45) is 0 Å². The van der Waals surface area contributed by atoms with Crippen molar-refractivity contribution >= 4 is 87.1 Å². The Bertz CT molecular complexity index is 821. The summed E-state index contributed by atoms with van der Waals surface area (Å²) in [6.45, 7) is 17.3. The first kappa shape index (κ1) is 144. The number of hydrogen-bond acceptors (Lipinski definition) is 18. The van der Waals surface area contributed by atoms with Gasteiger partial charge in [-0.25, -0.2) is 0 Å². The molecule has 64 heavy (non-hydrogen) atoms. The van der Waals surface area contributed by atoms with Gasteiger partial charge in [0.05, 0.1) is 0 Å². The van der Waals surface area contributed by atoms with Gasteiger partial charge in [0, 0.05) is 74.2 Å². The normalized spacial score (nSPS) is 16.8. The average Bonchev–Trinajstić information content (AvgIpc) is 2.76. The molecule has 26 N–H and O–H groups in total. The Balaban J connectivity index is -0.0000000153. The van der Waals surface area contributed by atoms with Gasteiger partial charge in [0.15, 0.2) is 0 Å². The van der Waals surface area contributed by atoms with Gasteiger partial charge >= 0.3 is 183 Å². The van der Waals surface area contributed by atoms with Crippen LogP contribution in [0, 0.1) is 0 Å². The van der Waals surface area contributed by atoms with Gasteiger partial charge in [-0.1, -0.05) is 0 Å². The number of fused-ring (bicyclic) bond motifs is 6. The third kappa shape index (κ3) is 244. The quantitative estimate of drug-likeness (QED) is 0.101. The smallest absolute Gasteiger partial charge is 0 e. The third-order valence-corrected chi connectivity index (χ3v) is 4.99. The summed E-state index contributed by atoms with van der Waals surface area (Å²) in [5.74, 6) is 0. The Kier molecular flexibility index (Phi) is 158. The van der Waals surface area contributed by atoms with Crippen molar-refractivity contribution in [1.82, 2.24) is 0 Å². The van der Waals surface area contributed by atoms with Crippen LogP contribution in [0.15, 0.2) is 0 Å². The summed E-state index contributed by atoms with van der Waals surface area (Å²) >= 11 is -33.8. The van der Waals surface area contributed by atoms with Gasteiger partial charge in [0.25, 0.3) is 0 Å². The molecular weight excluding hydrogens is 1460 g/mol. The van der Waals surface area contributed by atoms with Crippen molar-refractivity contribution < 1.29 is 267 Å². The molecular formula is C12H50As6N4O38V4-20. The Morgan fingerprint density at radius 1 is 0.234 bits per heavy atom. The zero-order valence-electron chi connectivity index (χ0n) is 31.4. The first-order chi connectivity index (χ1) is 19.9. The van der Waals surface area contributed by atoms with E-state index < -0.39 is 87.1 Å². The molecule has 0 aromatic rings. The maximum absolute atomic E-state index is 8.72. The van der Waals surface area contributed by atoms with Gasteiger partial charge in [-0.2, -0.15) is 0 Å². The van der Waals surface area contributed by atoms with Gasteiger partial charge in [-0.3, -0.25) is 0 Å².